The number of urea groups is 1. The molecule has 26 heavy (non-hydrogen) atoms. The Morgan fingerprint density at radius 1 is 1.08 bits per heavy atom. The summed E-state index contributed by atoms with van der Waals surface area (Å²) >= 11 is 0. The van der Waals surface area contributed by atoms with Crippen molar-refractivity contribution in [3.63, 3.8) is 0 Å². The SMILES string of the molecule is CC1CCC2(CC1)NC(=O)N(CC(=O)N1CCC3CCCCC3C1)C2=O. The maximum absolute atomic E-state index is 12.9. The summed E-state index contributed by atoms with van der Waals surface area (Å²) in [6.45, 7) is 3.66. The van der Waals surface area contributed by atoms with E-state index in [0.29, 0.717) is 24.7 Å². The van der Waals surface area contributed by atoms with Crippen LogP contribution < -0.4 is 5.32 Å². The van der Waals surface area contributed by atoms with Crippen LogP contribution in [0, 0.1) is 17.8 Å². The number of hydrogen-bond donors (Lipinski definition) is 1. The van der Waals surface area contributed by atoms with Crippen LogP contribution in [0.2, 0.25) is 0 Å². The fourth-order valence-corrected chi connectivity index (χ4v) is 5.48. The smallest absolute Gasteiger partial charge is 0.325 e. The van der Waals surface area contributed by atoms with E-state index in [1.807, 2.05) is 4.90 Å². The lowest BCUT2D eigenvalue weighted by molar-refractivity contribution is -0.141. The molecule has 1 N–H and O–H groups in total. The van der Waals surface area contributed by atoms with E-state index in [1.165, 1.54) is 30.6 Å². The molecule has 0 aromatic carbocycles. The van der Waals surface area contributed by atoms with Crippen molar-refractivity contribution in [3.8, 4) is 0 Å². The number of piperidine rings is 1. The summed E-state index contributed by atoms with van der Waals surface area (Å²) in [5, 5.41) is 2.91. The molecule has 2 saturated heterocycles. The molecule has 2 heterocycles. The van der Waals surface area contributed by atoms with Crippen LogP contribution in [0.25, 0.3) is 0 Å². The monoisotopic (exact) mass is 361 g/mol. The van der Waals surface area contributed by atoms with E-state index in [4.69, 9.17) is 0 Å². The molecule has 0 radical (unpaired) electrons. The second-order valence-corrected chi connectivity index (χ2v) is 9.02. The van der Waals surface area contributed by atoms with Crippen LogP contribution in [0.1, 0.15) is 64.7 Å². The van der Waals surface area contributed by atoms with Gasteiger partial charge in [-0.05, 0) is 56.3 Å². The first-order valence-corrected chi connectivity index (χ1v) is 10.4. The average molecular weight is 361 g/mol. The lowest BCUT2D eigenvalue weighted by Gasteiger charge is -2.41. The fourth-order valence-electron chi connectivity index (χ4n) is 5.48. The molecule has 6 nitrogen and oxygen atoms in total. The van der Waals surface area contributed by atoms with Crippen molar-refractivity contribution in [1.29, 1.82) is 0 Å². The predicted octanol–water partition coefficient (Wildman–Crippen LogP) is 2.53. The molecule has 2 aliphatic carbocycles. The standard InChI is InChI=1S/C20H31N3O3/c1-14-6-9-20(10-7-14)18(25)23(19(26)21-20)13-17(24)22-11-8-15-4-2-3-5-16(15)12-22/h14-16H,2-13H2,1H3,(H,21,26). The fraction of sp³-hybridized carbons (Fsp3) is 0.850. The molecule has 144 valence electrons. The van der Waals surface area contributed by atoms with Gasteiger partial charge in [0.15, 0.2) is 0 Å². The molecule has 0 aromatic rings. The molecule has 0 bridgehead atoms. The van der Waals surface area contributed by atoms with Crippen molar-refractivity contribution >= 4 is 17.8 Å². The van der Waals surface area contributed by atoms with E-state index in [1.54, 1.807) is 0 Å². The Hall–Kier alpha value is -1.59. The van der Waals surface area contributed by atoms with Crippen LogP contribution in [0.4, 0.5) is 4.79 Å². The Morgan fingerprint density at radius 3 is 2.50 bits per heavy atom. The van der Waals surface area contributed by atoms with E-state index in [-0.39, 0.29) is 24.4 Å². The van der Waals surface area contributed by atoms with Crippen LogP contribution in [0.5, 0.6) is 0 Å². The highest BCUT2D eigenvalue weighted by atomic mass is 16.2. The molecule has 2 unspecified atom stereocenters. The van der Waals surface area contributed by atoms with Gasteiger partial charge in [0.25, 0.3) is 5.91 Å². The van der Waals surface area contributed by atoms with Gasteiger partial charge in [0, 0.05) is 13.1 Å². The molecule has 4 fully saturated rings. The maximum Gasteiger partial charge on any atom is 0.325 e. The van der Waals surface area contributed by atoms with Gasteiger partial charge < -0.3 is 10.2 Å². The second-order valence-electron chi connectivity index (χ2n) is 9.02. The van der Waals surface area contributed by atoms with Crippen LogP contribution in [-0.4, -0.2) is 52.8 Å². The molecule has 2 atom stereocenters. The Bertz CT molecular complexity index is 597. The van der Waals surface area contributed by atoms with Gasteiger partial charge in [-0.25, -0.2) is 4.79 Å². The number of amides is 4. The largest absolute Gasteiger partial charge is 0.341 e. The highest BCUT2D eigenvalue weighted by Crippen LogP contribution is 2.37. The number of rotatable bonds is 2. The molecule has 0 aromatic heterocycles. The van der Waals surface area contributed by atoms with Crippen LogP contribution >= 0.6 is 0 Å². The zero-order valence-corrected chi connectivity index (χ0v) is 15.8. The molecule has 1 spiro atoms. The lowest BCUT2D eigenvalue weighted by atomic mass is 9.75. The molecule has 4 rings (SSSR count). The van der Waals surface area contributed by atoms with Crippen molar-refractivity contribution in [3.05, 3.63) is 0 Å². The lowest BCUT2D eigenvalue weighted by Crippen LogP contribution is -2.51. The number of nitrogens with zero attached hydrogens (tertiary/aromatic N) is 2. The number of fused-ring (bicyclic) bond motifs is 1. The average Bonchev–Trinajstić information content (AvgIpc) is 2.88. The summed E-state index contributed by atoms with van der Waals surface area (Å²) in [6.07, 6.45) is 9.42. The van der Waals surface area contributed by atoms with Gasteiger partial charge in [-0.1, -0.05) is 26.2 Å². The molecular weight excluding hydrogens is 330 g/mol. The van der Waals surface area contributed by atoms with Gasteiger partial charge in [0.2, 0.25) is 5.91 Å². The van der Waals surface area contributed by atoms with Gasteiger partial charge in [-0.3, -0.25) is 14.5 Å². The first-order valence-electron chi connectivity index (χ1n) is 10.4. The van der Waals surface area contributed by atoms with Crippen LogP contribution in [0.15, 0.2) is 0 Å². The Morgan fingerprint density at radius 2 is 1.77 bits per heavy atom. The maximum atomic E-state index is 12.9. The Balaban J connectivity index is 1.38. The van der Waals surface area contributed by atoms with Crippen molar-refractivity contribution < 1.29 is 14.4 Å². The highest BCUT2D eigenvalue weighted by molar-refractivity contribution is 6.09. The minimum absolute atomic E-state index is 0.0706. The summed E-state index contributed by atoms with van der Waals surface area (Å²) < 4.78 is 0. The highest BCUT2D eigenvalue weighted by Gasteiger charge is 2.52. The summed E-state index contributed by atoms with van der Waals surface area (Å²) in [7, 11) is 0. The molecule has 2 saturated carbocycles. The molecule has 4 amide bonds. The van der Waals surface area contributed by atoms with E-state index >= 15 is 0 Å². The summed E-state index contributed by atoms with van der Waals surface area (Å²) in [5.41, 5.74) is -0.750. The number of hydrogen-bond acceptors (Lipinski definition) is 3. The zero-order chi connectivity index (χ0) is 18.3. The number of likely N-dealkylation sites (tertiary alicyclic amines) is 1. The number of carbonyl (C=O) groups excluding carboxylic acids is 3. The molecule has 4 aliphatic rings. The predicted molar refractivity (Wildman–Crippen MR) is 97.3 cm³/mol. The molecular formula is C20H31N3O3. The van der Waals surface area contributed by atoms with Crippen molar-refractivity contribution in [2.45, 2.75) is 70.3 Å². The normalized spacial score (nSPS) is 37.7. The number of imide groups is 1. The van der Waals surface area contributed by atoms with Crippen molar-refractivity contribution in [2.24, 2.45) is 17.8 Å². The topological polar surface area (TPSA) is 69.7 Å². The molecule has 6 heteroatoms. The van der Waals surface area contributed by atoms with Gasteiger partial charge in [-0.2, -0.15) is 0 Å². The Kier molecular flexibility index (Phi) is 4.70. The zero-order valence-electron chi connectivity index (χ0n) is 15.8. The third-order valence-corrected chi connectivity index (χ3v) is 7.31. The number of nitrogens with one attached hydrogen (secondary N) is 1. The van der Waals surface area contributed by atoms with E-state index in [0.717, 1.165) is 38.3 Å². The third kappa shape index (κ3) is 3.12. The molecule has 2 aliphatic heterocycles. The van der Waals surface area contributed by atoms with E-state index in [2.05, 4.69) is 12.2 Å². The minimum atomic E-state index is -0.750. The number of carbonyl (C=O) groups is 3. The van der Waals surface area contributed by atoms with Gasteiger partial charge in [-0.15, -0.1) is 0 Å². The minimum Gasteiger partial charge on any atom is -0.341 e. The van der Waals surface area contributed by atoms with Crippen molar-refractivity contribution in [1.82, 2.24) is 15.1 Å². The quantitative estimate of drug-likeness (QED) is 0.769. The third-order valence-electron chi connectivity index (χ3n) is 7.31. The van der Waals surface area contributed by atoms with Crippen molar-refractivity contribution in [2.75, 3.05) is 19.6 Å². The van der Waals surface area contributed by atoms with Crippen LogP contribution in [-0.2, 0) is 9.59 Å². The summed E-state index contributed by atoms with van der Waals surface area (Å²) in [6, 6.07) is -0.384. The summed E-state index contributed by atoms with van der Waals surface area (Å²) in [4.78, 5) is 41.2. The van der Waals surface area contributed by atoms with Crippen LogP contribution in [0.3, 0.4) is 0 Å². The van der Waals surface area contributed by atoms with Gasteiger partial charge in [0.05, 0.1) is 0 Å². The second kappa shape index (κ2) is 6.86. The van der Waals surface area contributed by atoms with Gasteiger partial charge >= 0.3 is 6.03 Å². The summed E-state index contributed by atoms with van der Waals surface area (Å²) in [5.74, 6) is 1.71. The van der Waals surface area contributed by atoms with Gasteiger partial charge in [0.1, 0.15) is 12.1 Å². The van der Waals surface area contributed by atoms with E-state index < -0.39 is 5.54 Å². The Labute approximate surface area is 155 Å². The first kappa shape index (κ1) is 17.8. The first-order chi connectivity index (χ1) is 12.5. The van der Waals surface area contributed by atoms with E-state index in [9.17, 15) is 14.4 Å².